The van der Waals surface area contributed by atoms with Crippen LogP contribution < -0.4 is 16.1 Å². The van der Waals surface area contributed by atoms with Crippen LogP contribution in [0, 0.1) is 0 Å². The van der Waals surface area contributed by atoms with Crippen molar-refractivity contribution < 1.29 is 37.5 Å². The SMILES string of the molecule is C.CC1(C)OB(B2OC(C)(C)C(C)(C)O2)OC1(C)C.CC1(C)OB(c2ccc3c(c2)CNC3=O)OC1(C)C.O=C1NCc2cc(Br)ccc21. The summed E-state index contributed by atoms with van der Waals surface area (Å²) in [6.07, 6.45) is 0. The Labute approximate surface area is 302 Å². The van der Waals surface area contributed by atoms with Crippen molar-refractivity contribution in [2.45, 2.75) is 137 Å². The molecule has 0 aliphatic carbocycles. The molecule has 0 atom stereocenters. The third kappa shape index (κ3) is 7.71. The van der Waals surface area contributed by atoms with Crippen LogP contribution in [0.1, 0.15) is 122 Å². The molecule has 7 rings (SSSR count). The second kappa shape index (κ2) is 13.4. The zero-order valence-electron chi connectivity index (χ0n) is 30.3. The lowest BCUT2D eigenvalue weighted by atomic mass is 9.49. The predicted molar refractivity (Wildman–Crippen MR) is 198 cm³/mol. The molecule has 5 heterocycles. The average molecular weight is 741 g/mol. The molecule has 0 unspecified atom stereocenters. The van der Waals surface area contributed by atoms with E-state index in [2.05, 4.69) is 26.6 Å². The van der Waals surface area contributed by atoms with Crippen LogP contribution in [-0.2, 0) is 41.0 Å². The molecule has 14 heteroatoms. The van der Waals surface area contributed by atoms with Crippen LogP contribution in [0.4, 0.5) is 0 Å². The number of nitrogens with one attached hydrogen (secondary N) is 2. The maximum Gasteiger partial charge on any atom is 0.494 e. The lowest BCUT2D eigenvalue weighted by Crippen LogP contribution is -2.41. The van der Waals surface area contributed by atoms with Gasteiger partial charge in [-0.1, -0.05) is 35.5 Å². The van der Waals surface area contributed by atoms with Gasteiger partial charge in [-0.25, -0.2) is 0 Å². The smallest absolute Gasteiger partial charge is 0.405 e. The van der Waals surface area contributed by atoms with Gasteiger partial charge in [0.1, 0.15) is 0 Å². The van der Waals surface area contributed by atoms with E-state index in [9.17, 15) is 9.59 Å². The molecule has 3 fully saturated rings. The summed E-state index contributed by atoms with van der Waals surface area (Å²) in [6.45, 7) is 25.6. The summed E-state index contributed by atoms with van der Waals surface area (Å²) in [5.74, 6) is 0.0305. The Morgan fingerprint density at radius 3 is 1.31 bits per heavy atom. The molecule has 266 valence electrons. The molecular formula is C35H52B3BrN2O8. The molecule has 2 N–H and O–H groups in total. The van der Waals surface area contributed by atoms with Crippen LogP contribution in [0.15, 0.2) is 40.9 Å². The van der Waals surface area contributed by atoms with Crippen LogP contribution >= 0.6 is 15.9 Å². The lowest BCUT2D eigenvalue weighted by Gasteiger charge is -2.32. The number of halogens is 1. The number of benzene rings is 2. The molecule has 0 saturated carbocycles. The van der Waals surface area contributed by atoms with Crippen molar-refractivity contribution in [3.05, 3.63) is 63.1 Å². The molecule has 0 radical (unpaired) electrons. The van der Waals surface area contributed by atoms with E-state index in [1.807, 2.05) is 119 Å². The number of fused-ring (bicyclic) bond motifs is 2. The first-order chi connectivity index (χ1) is 22.0. The highest BCUT2D eigenvalue weighted by atomic mass is 79.9. The van der Waals surface area contributed by atoms with E-state index in [0.29, 0.717) is 13.1 Å². The second-order valence-electron chi connectivity index (χ2n) is 15.9. The third-order valence-electron chi connectivity index (χ3n) is 10.9. The fourth-order valence-corrected chi connectivity index (χ4v) is 5.99. The first-order valence-electron chi connectivity index (χ1n) is 16.5. The predicted octanol–water partition coefficient (Wildman–Crippen LogP) is 5.81. The number of amides is 2. The molecule has 2 aromatic carbocycles. The Morgan fingerprint density at radius 2 is 0.898 bits per heavy atom. The highest BCUT2D eigenvalue weighted by molar-refractivity contribution is 9.10. The van der Waals surface area contributed by atoms with Gasteiger partial charge in [0.25, 0.3) is 11.8 Å². The number of hydrogen-bond acceptors (Lipinski definition) is 8. The second-order valence-corrected chi connectivity index (χ2v) is 16.8. The molecule has 5 aliphatic rings. The maximum atomic E-state index is 11.5. The Hall–Kier alpha value is -2.19. The lowest BCUT2D eigenvalue weighted by molar-refractivity contribution is 0.00578. The summed E-state index contributed by atoms with van der Waals surface area (Å²) >= 11 is 3.35. The van der Waals surface area contributed by atoms with Crippen molar-refractivity contribution in [2.75, 3.05) is 0 Å². The van der Waals surface area contributed by atoms with Crippen LogP contribution in [-0.4, -0.2) is 66.6 Å². The van der Waals surface area contributed by atoms with E-state index in [1.165, 1.54) is 0 Å². The first-order valence-corrected chi connectivity index (χ1v) is 17.3. The molecular weight excluding hydrogens is 689 g/mol. The van der Waals surface area contributed by atoms with E-state index < -0.39 is 14.0 Å². The summed E-state index contributed by atoms with van der Waals surface area (Å²) in [5.41, 5.74) is 2.48. The number of carbonyl (C=O) groups is 2. The highest BCUT2D eigenvalue weighted by Gasteiger charge is 2.63. The fourth-order valence-electron chi connectivity index (χ4n) is 5.58. The minimum atomic E-state index is -0.476. The molecule has 0 aromatic heterocycles. The monoisotopic (exact) mass is 740 g/mol. The Morgan fingerprint density at radius 1 is 0.551 bits per heavy atom. The van der Waals surface area contributed by atoms with Crippen LogP contribution in [0.3, 0.4) is 0 Å². The van der Waals surface area contributed by atoms with Gasteiger partial charge < -0.3 is 38.6 Å². The standard InChI is InChI=1S/C14H18BNO3.C12H24B2O4.C8H6BrNO.CH4/c1-13(2)14(3,4)19-15(18-13)10-5-6-11-9(7-10)8-16-12(11)17;1-9(2)10(3,4)16-13(15-9)14-17-11(5,6)12(7,8)18-14;9-6-1-2-7-5(3-6)4-10-8(7)11;/h5-7H,8H2,1-4H3,(H,16,17);1-8H3;1-3H,4H2,(H,10,11);1H4. The van der Waals surface area contributed by atoms with E-state index in [0.717, 1.165) is 32.2 Å². The van der Waals surface area contributed by atoms with Crippen molar-refractivity contribution in [2.24, 2.45) is 0 Å². The molecule has 2 aromatic rings. The summed E-state index contributed by atoms with van der Waals surface area (Å²) in [6, 6.07) is 11.4. The largest absolute Gasteiger partial charge is 0.494 e. The summed E-state index contributed by atoms with van der Waals surface area (Å²) < 4.78 is 36.9. The van der Waals surface area contributed by atoms with Crippen molar-refractivity contribution in [3.8, 4) is 0 Å². The van der Waals surface area contributed by atoms with Gasteiger partial charge in [-0.2, -0.15) is 0 Å². The van der Waals surface area contributed by atoms with Gasteiger partial charge in [0, 0.05) is 28.7 Å². The van der Waals surface area contributed by atoms with Crippen molar-refractivity contribution in [1.82, 2.24) is 10.6 Å². The third-order valence-corrected chi connectivity index (χ3v) is 11.3. The summed E-state index contributed by atoms with van der Waals surface area (Å²) in [4.78, 5) is 22.6. The summed E-state index contributed by atoms with van der Waals surface area (Å²) in [5, 5.41) is 5.57. The van der Waals surface area contributed by atoms with Gasteiger partial charge in [-0.15, -0.1) is 0 Å². The molecule has 3 saturated heterocycles. The number of rotatable bonds is 2. The molecule has 49 heavy (non-hydrogen) atoms. The van der Waals surface area contributed by atoms with Gasteiger partial charge >= 0.3 is 21.1 Å². The van der Waals surface area contributed by atoms with Crippen LogP contribution in [0.25, 0.3) is 0 Å². The highest BCUT2D eigenvalue weighted by Crippen LogP contribution is 2.43. The van der Waals surface area contributed by atoms with Gasteiger partial charge in [0.05, 0.1) is 33.6 Å². The molecule has 10 nitrogen and oxygen atoms in total. The Bertz CT molecular complexity index is 1510. The summed E-state index contributed by atoms with van der Waals surface area (Å²) in [7, 11) is -1.32. The van der Waals surface area contributed by atoms with E-state index >= 15 is 0 Å². The van der Waals surface area contributed by atoms with Gasteiger partial charge in [-0.05, 0) is 124 Å². The van der Waals surface area contributed by atoms with Gasteiger partial charge in [-0.3, -0.25) is 9.59 Å². The Balaban J connectivity index is 0.000000169. The maximum absolute atomic E-state index is 11.5. The van der Waals surface area contributed by atoms with Gasteiger partial charge in [0.2, 0.25) is 0 Å². The number of carbonyl (C=O) groups excluding carboxylic acids is 2. The molecule has 5 aliphatic heterocycles. The van der Waals surface area contributed by atoms with Crippen LogP contribution in [0.2, 0.25) is 0 Å². The minimum absolute atomic E-state index is 0. The zero-order chi connectivity index (χ0) is 35.7. The van der Waals surface area contributed by atoms with Crippen molar-refractivity contribution in [3.63, 3.8) is 0 Å². The quantitative estimate of drug-likeness (QED) is 0.372. The van der Waals surface area contributed by atoms with E-state index in [1.54, 1.807) is 0 Å². The molecule has 0 spiro atoms. The van der Waals surface area contributed by atoms with Gasteiger partial charge in [0.15, 0.2) is 0 Å². The zero-order valence-corrected chi connectivity index (χ0v) is 31.8. The average Bonchev–Trinajstić information content (AvgIpc) is 3.69. The van der Waals surface area contributed by atoms with E-state index in [-0.39, 0.29) is 60.0 Å². The normalized spacial score (nSPS) is 24.1. The van der Waals surface area contributed by atoms with Crippen molar-refractivity contribution in [1.29, 1.82) is 0 Å². The molecule has 0 bridgehead atoms. The van der Waals surface area contributed by atoms with Crippen molar-refractivity contribution >= 4 is 54.3 Å². The first kappa shape index (κ1) is 39.6. The molecule has 2 amide bonds. The van der Waals surface area contributed by atoms with Crippen LogP contribution in [0.5, 0.6) is 0 Å². The minimum Gasteiger partial charge on any atom is -0.405 e. The topological polar surface area (TPSA) is 114 Å². The Kier molecular flexibility index (Phi) is 10.8. The van der Waals surface area contributed by atoms with E-state index in [4.69, 9.17) is 27.9 Å². The number of hydrogen-bond donors (Lipinski definition) is 2. The fraction of sp³-hybridized carbons (Fsp3) is 0.600.